The minimum Gasteiger partial charge on any atom is -0.484 e. The Hall–Kier alpha value is -4.42. The monoisotopic (exact) mass is 703 g/mol. The average molecular weight is 704 g/mol. The van der Waals surface area contributed by atoms with Crippen molar-refractivity contribution in [3.8, 4) is 11.6 Å². The van der Waals surface area contributed by atoms with Crippen molar-refractivity contribution < 1.29 is 38.1 Å². The lowest BCUT2D eigenvalue weighted by Crippen LogP contribution is -2.57. The van der Waals surface area contributed by atoms with E-state index in [0.29, 0.717) is 70.6 Å². The lowest BCUT2D eigenvalue weighted by molar-refractivity contribution is -0.151. The van der Waals surface area contributed by atoms with Gasteiger partial charge in [0.25, 0.3) is 0 Å². The number of rotatable bonds is 5. The van der Waals surface area contributed by atoms with E-state index in [4.69, 9.17) is 28.6 Å². The summed E-state index contributed by atoms with van der Waals surface area (Å²) in [4.78, 5) is 56.1. The summed E-state index contributed by atoms with van der Waals surface area (Å²) in [6.45, 7) is 9.45. The third-order valence-electron chi connectivity index (χ3n) is 11.2. The summed E-state index contributed by atoms with van der Waals surface area (Å²) >= 11 is 0. The number of benzene rings is 1. The maximum atomic E-state index is 14.4. The first-order chi connectivity index (χ1) is 24.4. The van der Waals surface area contributed by atoms with E-state index in [1.807, 2.05) is 46.8 Å². The van der Waals surface area contributed by atoms with Gasteiger partial charge in [0.15, 0.2) is 6.61 Å². The van der Waals surface area contributed by atoms with Gasteiger partial charge < -0.3 is 34.0 Å². The molecule has 2 unspecified atom stereocenters. The van der Waals surface area contributed by atoms with E-state index in [-0.39, 0.29) is 19.3 Å². The number of nitrogens with one attached hydrogen (secondary N) is 1. The van der Waals surface area contributed by atoms with Crippen molar-refractivity contribution in [2.45, 2.75) is 117 Å². The Bertz CT molecular complexity index is 1790. The molecule has 0 radical (unpaired) electrons. The zero-order valence-electron chi connectivity index (χ0n) is 30.1. The second kappa shape index (κ2) is 14.0. The summed E-state index contributed by atoms with van der Waals surface area (Å²) < 4.78 is 24.2. The number of alkyl carbamates (subject to hydrolysis) is 1. The molecular weight excluding hydrogens is 654 g/mol. The maximum Gasteiger partial charge on any atom is 0.408 e. The van der Waals surface area contributed by atoms with Gasteiger partial charge in [0.1, 0.15) is 41.5 Å². The quantitative estimate of drug-likeness (QED) is 0.327. The normalized spacial score (nSPS) is 29.9. The van der Waals surface area contributed by atoms with Crippen molar-refractivity contribution in [3.05, 3.63) is 41.7 Å². The van der Waals surface area contributed by atoms with Gasteiger partial charge in [0, 0.05) is 12.0 Å². The molecule has 1 aromatic carbocycles. The molecule has 7 rings (SSSR count). The Morgan fingerprint density at radius 2 is 1.88 bits per heavy atom. The minimum absolute atomic E-state index is 0.0174. The predicted molar refractivity (Wildman–Crippen MR) is 185 cm³/mol. The number of carbonyl (C=O) groups excluding carboxylic acids is 2. The van der Waals surface area contributed by atoms with Gasteiger partial charge in [-0.25, -0.2) is 24.5 Å². The van der Waals surface area contributed by atoms with Gasteiger partial charge in [-0.1, -0.05) is 40.5 Å². The Balaban J connectivity index is 1.22. The Morgan fingerprint density at radius 3 is 2.61 bits per heavy atom. The zero-order valence-corrected chi connectivity index (χ0v) is 30.1. The number of aliphatic carboxylic acids is 1. The smallest absolute Gasteiger partial charge is 0.408 e. The molecule has 13 heteroatoms. The first kappa shape index (κ1) is 35.0. The summed E-state index contributed by atoms with van der Waals surface area (Å²) in [5, 5.41) is 13.4. The third-order valence-corrected chi connectivity index (χ3v) is 11.2. The average Bonchev–Trinajstić information content (AvgIpc) is 3.37. The predicted octanol–water partition coefficient (Wildman–Crippen LogP) is 5.86. The molecule has 1 saturated heterocycles. The van der Waals surface area contributed by atoms with Gasteiger partial charge in [-0.05, 0) is 80.8 Å². The molecule has 2 saturated carbocycles. The van der Waals surface area contributed by atoms with Crippen LogP contribution < -0.4 is 14.8 Å². The van der Waals surface area contributed by atoms with Crippen molar-refractivity contribution in [2.75, 3.05) is 6.54 Å². The molecule has 3 aromatic rings. The van der Waals surface area contributed by atoms with Crippen molar-refractivity contribution in [3.63, 3.8) is 0 Å². The number of amides is 2. The second-order valence-corrected chi connectivity index (χ2v) is 15.8. The van der Waals surface area contributed by atoms with Crippen LogP contribution in [-0.4, -0.2) is 73.8 Å². The first-order valence-corrected chi connectivity index (χ1v) is 18.4. The number of hydrogen-bond donors (Lipinski definition) is 2. The van der Waals surface area contributed by atoms with E-state index in [9.17, 15) is 19.5 Å². The molecule has 3 fully saturated rings. The van der Waals surface area contributed by atoms with Gasteiger partial charge >= 0.3 is 12.1 Å². The highest BCUT2D eigenvalue weighted by Gasteiger charge is 2.55. The number of aromatic nitrogens is 3. The largest absolute Gasteiger partial charge is 0.484 e. The summed E-state index contributed by atoms with van der Waals surface area (Å²) in [7, 11) is 0. The molecule has 0 spiro atoms. The van der Waals surface area contributed by atoms with Crippen LogP contribution in [0.15, 0.2) is 28.8 Å². The number of aryl methyl sites for hydroxylation is 2. The van der Waals surface area contributed by atoms with E-state index in [2.05, 4.69) is 10.3 Å². The highest BCUT2D eigenvalue weighted by atomic mass is 16.6. The highest BCUT2D eigenvalue weighted by molar-refractivity contribution is 5.90. The number of carboxylic acid groups (broad SMARTS) is 1. The summed E-state index contributed by atoms with van der Waals surface area (Å²) in [5.74, 6) is 1.40. The van der Waals surface area contributed by atoms with Crippen LogP contribution in [0.3, 0.4) is 0 Å². The second-order valence-electron chi connectivity index (χ2n) is 15.8. The molecule has 2 aliphatic carbocycles. The molecule has 4 aliphatic rings. The maximum absolute atomic E-state index is 14.4. The van der Waals surface area contributed by atoms with Crippen LogP contribution in [0.2, 0.25) is 0 Å². The van der Waals surface area contributed by atoms with Gasteiger partial charge in [-0.3, -0.25) is 4.79 Å². The standard InChI is InChI=1S/C38H49N5O8/c1-6-23-30-18-43(32(23)36(45)46)35(44)33(38(3,4)5)42-37(47)51-29-15-21-14-25(21)24(29)10-8-7-9-11-27-34(50-30)41-28-16-22(12-13-26(28)40-27)48-19-31-39-17-20(2)49-31/h12-13,16-17,21,23-25,29-30,32-33H,6-11,14-15,18-19H2,1-5H3,(H,42,47)(H,45,46)/t21?,23-,24-,25?,29-,30+,32+,33-/m1/s1. The van der Waals surface area contributed by atoms with E-state index < -0.39 is 47.5 Å². The molecule has 8 atom stereocenters. The molecule has 2 bridgehead atoms. The van der Waals surface area contributed by atoms with E-state index in [1.165, 1.54) is 11.3 Å². The first-order valence-electron chi connectivity index (χ1n) is 18.4. The van der Waals surface area contributed by atoms with Crippen LogP contribution in [0.5, 0.6) is 11.6 Å². The molecule has 2 aromatic heterocycles. The van der Waals surface area contributed by atoms with E-state index in [1.54, 1.807) is 12.3 Å². The fourth-order valence-electron chi connectivity index (χ4n) is 8.49. The Labute approximate surface area is 297 Å². The molecule has 4 heterocycles. The van der Waals surface area contributed by atoms with Gasteiger partial charge in [0.05, 0.1) is 23.8 Å². The number of oxazole rings is 1. The number of ether oxygens (including phenoxy) is 3. The van der Waals surface area contributed by atoms with Crippen LogP contribution in [-0.2, 0) is 27.4 Å². The van der Waals surface area contributed by atoms with Gasteiger partial charge in [-0.15, -0.1) is 0 Å². The Kier molecular flexibility index (Phi) is 9.57. The van der Waals surface area contributed by atoms with E-state index >= 15 is 0 Å². The lowest BCUT2D eigenvalue weighted by Gasteiger charge is -2.35. The zero-order chi connectivity index (χ0) is 36.0. The number of fused-ring (bicyclic) bond motifs is 7. The van der Waals surface area contributed by atoms with Crippen LogP contribution >= 0.6 is 0 Å². The van der Waals surface area contributed by atoms with Crippen LogP contribution in [0, 0.1) is 36.0 Å². The van der Waals surface area contributed by atoms with Gasteiger partial charge in [-0.2, -0.15) is 0 Å². The summed E-state index contributed by atoms with van der Waals surface area (Å²) in [6, 6.07) is 3.33. The van der Waals surface area contributed by atoms with Crippen molar-refractivity contribution in [1.82, 2.24) is 25.2 Å². The number of carboxylic acids is 1. The molecular formula is C38H49N5O8. The molecule has 2 aliphatic heterocycles. The van der Waals surface area contributed by atoms with Crippen molar-refractivity contribution >= 4 is 29.0 Å². The fraction of sp³-hybridized carbons (Fsp3) is 0.632. The number of carbonyl (C=O) groups is 3. The van der Waals surface area contributed by atoms with Crippen molar-refractivity contribution in [1.29, 1.82) is 0 Å². The molecule has 51 heavy (non-hydrogen) atoms. The Morgan fingerprint density at radius 1 is 1.06 bits per heavy atom. The third kappa shape index (κ3) is 7.34. The van der Waals surface area contributed by atoms with Crippen molar-refractivity contribution in [2.24, 2.45) is 29.1 Å². The summed E-state index contributed by atoms with van der Waals surface area (Å²) in [6.07, 6.45) is 7.06. The highest BCUT2D eigenvalue weighted by Crippen LogP contribution is 2.57. The van der Waals surface area contributed by atoms with Crippen LogP contribution in [0.4, 0.5) is 4.79 Å². The minimum atomic E-state index is -1.15. The molecule has 2 N–H and O–H groups in total. The topological polar surface area (TPSA) is 166 Å². The number of hydrogen-bond acceptors (Lipinski definition) is 10. The van der Waals surface area contributed by atoms with E-state index in [0.717, 1.165) is 32.1 Å². The molecule has 2 amide bonds. The fourth-order valence-corrected chi connectivity index (χ4v) is 8.49. The van der Waals surface area contributed by atoms with Crippen LogP contribution in [0.25, 0.3) is 11.0 Å². The SMILES string of the molecule is CC[C@@H]1[C@@H]2CN(C(=O)[C@H](C(C)(C)C)NC(=O)O[C@@H]3CC4CC4[C@H]3CCCCCc3nc4ccc(OCc5ncc(C)o5)cc4nc3O2)[C@@H]1C(=O)O. The number of nitrogens with zero attached hydrogens (tertiary/aromatic N) is 4. The van der Waals surface area contributed by atoms with Crippen LogP contribution in [0.1, 0.15) is 90.0 Å². The lowest BCUT2D eigenvalue weighted by atomic mass is 9.85. The molecule has 274 valence electrons. The molecule has 13 nitrogen and oxygen atoms in total. The summed E-state index contributed by atoms with van der Waals surface area (Å²) in [5.41, 5.74) is 1.23. The van der Waals surface area contributed by atoms with Gasteiger partial charge in [0.2, 0.25) is 17.7 Å².